The summed E-state index contributed by atoms with van der Waals surface area (Å²) >= 11 is 0. The molecule has 0 saturated carbocycles. The highest BCUT2D eigenvalue weighted by atomic mass is 16.4. The van der Waals surface area contributed by atoms with Crippen LogP contribution in [0.2, 0.25) is 0 Å². The summed E-state index contributed by atoms with van der Waals surface area (Å²) in [5.74, 6) is -1.20. The molecule has 1 saturated heterocycles. The molecule has 0 aromatic carbocycles. The summed E-state index contributed by atoms with van der Waals surface area (Å²) in [4.78, 5) is 25.1. The summed E-state index contributed by atoms with van der Waals surface area (Å²) in [7, 11) is 0. The highest BCUT2D eigenvalue weighted by molar-refractivity contribution is 5.97. The summed E-state index contributed by atoms with van der Waals surface area (Å²) in [6.07, 6.45) is 3.13. The molecule has 1 amide bonds. The first-order valence-corrected chi connectivity index (χ1v) is 6.06. The zero-order valence-electron chi connectivity index (χ0n) is 10.5. The number of aromatic nitrogens is 2. The molecule has 6 heteroatoms. The fourth-order valence-electron chi connectivity index (χ4n) is 2.51. The van der Waals surface area contributed by atoms with Gasteiger partial charge in [0.05, 0.1) is 11.8 Å². The second kappa shape index (κ2) is 4.80. The molecular formula is C12H17N3O3. The molecule has 1 aromatic heterocycles. The lowest BCUT2D eigenvalue weighted by Gasteiger charge is -2.37. The van der Waals surface area contributed by atoms with Crippen molar-refractivity contribution >= 4 is 11.9 Å². The van der Waals surface area contributed by atoms with Gasteiger partial charge in [0.1, 0.15) is 6.04 Å². The molecule has 18 heavy (non-hydrogen) atoms. The molecule has 0 aliphatic carbocycles. The van der Waals surface area contributed by atoms with Gasteiger partial charge in [0.15, 0.2) is 0 Å². The van der Waals surface area contributed by atoms with Crippen LogP contribution >= 0.6 is 0 Å². The van der Waals surface area contributed by atoms with E-state index < -0.39 is 12.0 Å². The number of hydrogen-bond donors (Lipinski definition) is 2. The van der Waals surface area contributed by atoms with E-state index in [0.29, 0.717) is 17.8 Å². The van der Waals surface area contributed by atoms with E-state index in [2.05, 4.69) is 10.2 Å². The summed E-state index contributed by atoms with van der Waals surface area (Å²) < 4.78 is 0. The number of piperidine rings is 1. The zero-order valence-corrected chi connectivity index (χ0v) is 10.5. The molecule has 0 spiro atoms. The van der Waals surface area contributed by atoms with E-state index in [-0.39, 0.29) is 11.8 Å². The predicted molar refractivity (Wildman–Crippen MR) is 64.2 cm³/mol. The number of aryl methyl sites for hydroxylation is 1. The van der Waals surface area contributed by atoms with Gasteiger partial charge in [0, 0.05) is 12.2 Å². The first-order valence-electron chi connectivity index (χ1n) is 6.06. The molecule has 1 aliphatic heterocycles. The fraction of sp³-hybridized carbons (Fsp3) is 0.583. The third kappa shape index (κ3) is 2.10. The van der Waals surface area contributed by atoms with E-state index in [1.165, 1.54) is 11.1 Å². The number of aromatic amines is 1. The van der Waals surface area contributed by atoms with E-state index in [0.717, 1.165) is 12.8 Å². The number of likely N-dealkylation sites (tertiary alicyclic amines) is 1. The highest BCUT2D eigenvalue weighted by Gasteiger charge is 2.37. The van der Waals surface area contributed by atoms with Gasteiger partial charge < -0.3 is 10.0 Å². The van der Waals surface area contributed by atoms with E-state index >= 15 is 0 Å². The average Bonchev–Trinajstić information content (AvgIpc) is 2.73. The Morgan fingerprint density at radius 1 is 1.56 bits per heavy atom. The lowest BCUT2D eigenvalue weighted by Crippen LogP contribution is -2.52. The van der Waals surface area contributed by atoms with Crippen LogP contribution in [0.5, 0.6) is 0 Å². The van der Waals surface area contributed by atoms with Gasteiger partial charge in [-0.25, -0.2) is 4.79 Å². The summed E-state index contributed by atoms with van der Waals surface area (Å²) in [6, 6.07) is -0.736. The molecule has 2 N–H and O–H groups in total. The number of carbonyl (C=O) groups is 2. The third-order valence-electron chi connectivity index (χ3n) is 3.51. The van der Waals surface area contributed by atoms with Crippen molar-refractivity contribution in [3.05, 3.63) is 17.5 Å². The largest absolute Gasteiger partial charge is 0.480 e. The van der Waals surface area contributed by atoms with Gasteiger partial charge in [0.25, 0.3) is 5.91 Å². The SMILES string of the molecule is Cc1[nH]ncc1C(=O)N1CCCC(C)C1C(=O)O. The Morgan fingerprint density at radius 2 is 2.28 bits per heavy atom. The lowest BCUT2D eigenvalue weighted by molar-refractivity contribution is -0.145. The maximum absolute atomic E-state index is 12.3. The quantitative estimate of drug-likeness (QED) is 0.822. The number of amides is 1. The Hall–Kier alpha value is -1.85. The van der Waals surface area contributed by atoms with Gasteiger partial charge in [-0.1, -0.05) is 6.92 Å². The first-order chi connectivity index (χ1) is 8.52. The molecule has 1 aromatic rings. The molecule has 98 valence electrons. The molecular weight excluding hydrogens is 234 g/mol. The maximum atomic E-state index is 12.3. The predicted octanol–water partition coefficient (Wildman–Crippen LogP) is 1.04. The van der Waals surface area contributed by atoms with E-state index in [9.17, 15) is 14.7 Å². The summed E-state index contributed by atoms with van der Waals surface area (Å²) in [5, 5.41) is 15.8. The minimum absolute atomic E-state index is 0.0209. The van der Waals surface area contributed by atoms with Gasteiger partial charge >= 0.3 is 5.97 Å². The normalized spacial score (nSPS) is 24.0. The van der Waals surface area contributed by atoms with Crippen LogP contribution in [0.25, 0.3) is 0 Å². The van der Waals surface area contributed by atoms with Crippen molar-refractivity contribution in [2.24, 2.45) is 5.92 Å². The first kappa shape index (κ1) is 12.6. The van der Waals surface area contributed by atoms with Crippen LogP contribution in [-0.4, -0.2) is 44.7 Å². The molecule has 2 atom stereocenters. The molecule has 0 radical (unpaired) electrons. The van der Waals surface area contributed by atoms with Crippen LogP contribution in [0, 0.1) is 12.8 Å². The zero-order chi connectivity index (χ0) is 13.3. The van der Waals surface area contributed by atoms with Crippen molar-refractivity contribution in [1.82, 2.24) is 15.1 Å². The molecule has 1 fully saturated rings. The minimum Gasteiger partial charge on any atom is -0.480 e. The summed E-state index contributed by atoms with van der Waals surface area (Å²) in [6.45, 7) is 4.12. The molecule has 1 aliphatic rings. The lowest BCUT2D eigenvalue weighted by atomic mass is 9.90. The molecule has 2 heterocycles. The monoisotopic (exact) mass is 251 g/mol. The van der Waals surface area contributed by atoms with Crippen LogP contribution in [0.1, 0.15) is 35.8 Å². The second-order valence-electron chi connectivity index (χ2n) is 4.81. The molecule has 6 nitrogen and oxygen atoms in total. The number of hydrogen-bond acceptors (Lipinski definition) is 3. The number of rotatable bonds is 2. The van der Waals surface area contributed by atoms with Crippen molar-refractivity contribution in [3.8, 4) is 0 Å². The minimum atomic E-state index is -0.934. The Labute approximate surface area is 105 Å². The Bertz CT molecular complexity index is 469. The van der Waals surface area contributed by atoms with Gasteiger partial charge in [-0.15, -0.1) is 0 Å². The van der Waals surface area contributed by atoms with E-state index in [1.54, 1.807) is 6.92 Å². The van der Waals surface area contributed by atoms with Crippen molar-refractivity contribution in [1.29, 1.82) is 0 Å². The van der Waals surface area contributed by atoms with Crippen molar-refractivity contribution < 1.29 is 14.7 Å². The van der Waals surface area contributed by atoms with Crippen molar-refractivity contribution in [3.63, 3.8) is 0 Å². The van der Waals surface area contributed by atoms with Crippen molar-refractivity contribution in [2.45, 2.75) is 32.7 Å². The highest BCUT2D eigenvalue weighted by Crippen LogP contribution is 2.25. The number of carboxylic acid groups (broad SMARTS) is 1. The van der Waals surface area contributed by atoms with Crippen molar-refractivity contribution in [2.75, 3.05) is 6.54 Å². The smallest absolute Gasteiger partial charge is 0.326 e. The maximum Gasteiger partial charge on any atom is 0.326 e. The standard InChI is InChI=1S/C12H17N3O3/c1-7-4-3-5-15(10(7)12(17)18)11(16)9-6-13-14-8(9)2/h6-7,10H,3-5H2,1-2H3,(H,13,14)(H,17,18). The van der Waals surface area contributed by atoms with Gasteiger partial charge in [-0.2, -0.15) is 5.10 Å². The number of carbonyl (C=O) groups excluding carboxylic acids is 1. The van der Waals surface area contributed by atoms with Crippen LogP contribution in [0.3, 0.4) is 0 Å². The van der Waals surface area contributed by atoms with Gasteiger partial charge in [0.2, 0.25) is 0 Å². The molecule has 2 unspecified atom stereocenters. The summed E-state index contributed by atoms with van der Waals surface area (Å²) in [5.41, 5.74) is 1.12. The van der Waals surface area contributed by atoms with Crippen LogP contribution in [-0.2, 0) is 4.79 Å². The number of nitrogens with zero attached hydrogens (tertiary/aromatic N) is 2. The van der Waals surface area contributed by atoms with Crippen LogP contribution < -0.4 is 0 Å². The fourth-order valence-corrected chi connectivity index (χ4v) is 2.51. The van der Waals surface area contributed by atoms with E-state index in [1.807, 2.05) is 6.92 Å². The molecule has 0 bridgehead atoms. The number of carboxylic acids is 1. The molecule has 2 rings (SSSR count). The average molecular weight is 251 g/mol. The Balaban J connectivity index is 2.28. The Morgan fingerprint density at radius 3 is 2.83 bits per heavy atom. The second-order valence-corrected chi connectivity index (χ2v) is 4.81. The topological polar surface area (TPSA) is 86.3 Å². The van der Waals surface area contributed by atoms with Gasteiger partial charge in [-0.05, 0) is 25.7 Å². The number of nitrogens with one attached hydrogen (secondary N) is 1. The van der Waals surface area contributed by atoms with Gasteiger partial charge in [-0.3, -0.25) is 9.89 Å². The van der Waals surface area contributed by atoms with Crippen LogP contribution in [0.15, 0.2) is 6.20 Å². The number of H-pyrrole nitrogens is 1. The van der Waals surface area contributed by atoms with Crippen LogP contribution in [0.4, 0.5) is 0 Å². The third-order valence-corrected chi connectivity index (χ3v) is 3.51. The Kier molecular flexibility index (Phi) is 3.36. The number of aliphatic carboxylic acids is 1. The van der Waals surface area contributed by atoms with E-state index in [4.69, 9.17) is 0 Å².